The lowest BCUT2D eigenvalue weighted by Crippen LogP contribution is -2.38. The summed E-state index contributed by atoms with van der Waals surface area (Å²) in [7, 11) is -1.80. The van der Waals surface area contributed by atoms with Crippen LogP contribution in [0.3, 0.4) is 0 Å². The van der Waals surface area contributed by atoms with Gasteiger partial charge < -0.3 is 19.1 Å². The number of nitrogens with zero attached hydrogens (tertiary/aromatic N) is 2. The topological polar surface area (TPSA) is 137 Å². The molecule has 2 amide bonds. The van der Waals surface area contributed by atoms with Gasteiger partial charge in [0.2, 0.25) is 12.7 Å². The number of amides is 2. The van der Waals surface area contributed by atoms with Crippen molar-refractivity contribution in [1.29, 1.82) is 0 Å². The lowest BCUT2D eigenvalue weighted by Gasteiger charge is -2.26. The molecule has 0 saturated heterocycles. The summed E-state index contributed by atoms with van der Waals surface area (Å²) >= 11 is 0. The second-order valence-corrected chi connectivity index (χ2v) is 16.0. The largest absolute Gasteiger partial charge is 0.454 e. The average Bonchev–Trinajstić information content (AvgIpc) is 3.81. The SMILES string of the molecule is CN1CCCC/C=C\[C@@H]2C[C@@]2(C(=O)CS(=O)(=O)C2CC2)CC(=O)[C@@H]2C[C@@H](OC(=O)N3Cc4cc5c(cc4C3)OCO5)CC2C1=O. The van der Waals surface area contributed by atoms with Crippen molar-refractivity contribution >= 4 is 33.4 Å². The number of carbonyl (C=O) groups excluding carboxylic acids is 4. The van der Waals surface area contributed by atoms with Gasteiger partial charge in [-0.05, 0) is 80.5 Å². The van der Waals surface area contributed by atoms with Crippen LogP contribution in [-0.2, 0) is 42.0 Å². The zero-order valence-corrected chi connectivity index (χ0v) is 26.4. The summed E-state index contributed by atoms with van der Waals surface area (Å²) in [4.78, 5) is 57.9. The van der Waals surface area contributed by atoms with Gasteiger partial charge in [0.1, 0.15) is 17.6 Å². The third kappa shape index (κ3) is 5.86. The minimum absolute atomic E-state index is 0.101. The van der Waals surface area contributed by atoms with E-state index in [-0.39, 0.29) is 49.4 Å². The van der Waals surface area contributed by atoms with Crippen LogP contribution in [0.1, 0.15) is 68.9 Å². The van der Waals surface area contributed by atoms with Crippen LogP contribution in [0.15, 0.2) is 24.3 Å². The normalized spacial score (nSPS) is 31.9. The third-order valence-electron chi connectivity index (χ3n) is 10.6. The van der Waals surface area contributed by atoms with Crippen LogP contribution in [0.2, 0.25) is 0 Å². The molecule has 3 fully saturated rings. The molecule has 1 aromatic rings. The van der Waals surface area contributed by atoms with Crippen molar-refractivity contribution in [3.05, 3.63) is 35.4 Å². The van der Waals surface area contributed by atoms with Crippen molar-refractivity contribution < 1.29 is 41.8 Å². The fourth-order valence-electron chi connectivity index (χ4n) is 7.64. The van der Waals surface area contributed by atoms with Crippen LogP contribution in [0.25, 0.3) is 0 Å². The lowest BCUT2D eigenvalue weighted by molar-refractivity contribution is -0.140. The predicted molar refractivity (Wildman–Crippen MR) is 161 cm³/mol. The Labute approximate surface area is 263 Å². The molecular formula is C33H40N2O9S. The minimum Gasteiger partial charge on any atom is -0.454 e. The van der Waals surface area contributed by atoms with E-state index in [0.717, 1.165) is 30.4 Å². The molecule has 0 bridgehead atoms. The molecule has 11 nitrogen and oxygen atoms in total. The van der Waals surface area contributed by atoms with E-state index in [9.17, 15) is 27.6 Å². The molecule has 45 heavy (non-hydrogen) atoms. The van der Waals surface area contributed by atoms with E-state index in [1.807, 2.05) is 24.3 Å². The second kappa shape index (κ2) is 11.4. The van der Waals surface area contributed by atoms with E-state index in [1.165, 1.54) is 0 Å². The first-order valence-electron chi connectivity index (χ1n) is 16.1. The number of ketones is 2. The third-order valence-corrected chi connectivity index (χ3v) is 12.7. The Morgan fingerprint density at radius 1 is 1.02 bits per heavy atom. The summed E-state index contributed by atoms with van der Waals surface area (Å²) in [5, 5.41) is -0.450. The molecule has 5 atom stereocenters. The van der Waals surface area contributed by atoms with E-state index >= 15 is 0 Å². The van der Waals surface area contributed by atoms with Crippen LogP contribution in [0.4, 0.5) is 4.79 Å². The quantitative estimate of drug-likeness (QED) is 0.443. The number of fused-ring (bicyclic) bond motifs is 4. The van der Waals surface area contributed by atoms with Crippen molar-refractivity contribution in [1.82, 2.24) is 9.80 Å². The highest BCUT2D eigenvalue weighted by Crippen LogP contribution is 2.58. The smallest absolute Gasteiger partial charge is 0.410 e. The number of hydrogen-bond donors (Lipinski definition) is 0. The van der Waals surface area contributed by atoms with E-state index in [0.29, 0.717) is 50.4 Å². The molecule has 242 valence electrons. The van der Waals surface area contributed by atoms with Crippen LogP contribution in [-0.4, -0.2) is 79.3 Å². The highest BCUT2D eigenvalue weighted by atomic mass is 32.2. The number of allylic oxidation sites excluding steroid dienone is 2. The number of ether oxygens (including phenoxy) is 3. The van der Waals surface area contributed by atoms with Crippen molar-refractivity contribution in [3.8, 4) is 11.5 Å². The van der Waals surface area contributed by atoms with Crippen molar-refractivity contribution in [2.75, 3.05) is 26.1 Å². The van der Waals surface area contributed by atoms with E-state index in [2.05, 4.69) is 0 Å². The number of carbonyl (C=O) groups is 4. The molecule has 3 heterocycles. The maximum atomic E-state index is 14.0. The molecule has 1 unspecified atom stereocenters. The molecule has 3 aliphatic carbocycles. The fraction of sp³-hybridized carbons (Fsp3) is 0.636. The molecule has 0 aromatic heterocycles. The number of hydrogen-bond acceptors (Lipinski definition) is 9. The highest BCUT2D eigenvalue weighted by Gasteiger charge is 2.61. The summed E-state index contributed by atoms with van der Waals surface area (Å²) in [6, 6.07) is 3.76. The molecule has 3 aliphatic heterocycles. The highest BCUT2D eigenvalue weighted by molar-refractivity contribution is 7.93. The van der Waals surface area contributed by atoms with Gasteiger partial charge in [0.05, 0.1) is 11.2 Å². The standard InChI is InChI=1S/C33H40N2O9S/c1-34-9-5-3-2-4-6-22-14-33(22,30(37)18-45(40,41)24-7-8-24)15-27(36)25-12-23(13-26(25)31(34)38)44-32(39)35-16-20-10-28-29(43-19-42-28)11-21(20)17-35/h4,6,10-11,22-26H,2-3,5,7-9,12-19H2,1H3/b6-4-/t22-,23-,25-,26?,33-/m1/s1. The Kier molecular flexibility index (Phi) is 7.69. The Morgan fingerprint density at radius 3 is 2.40 bits per heavy atom. The zero-order valence-electron chi connectivity index (χ0n) is 25.6. The summed E-state index contributed by atoms with van der Waals surface area (Å²) in [6.45, 7) is 1.44. The lowest BCUT2D eigenvalue weighted by atomic mass is 9.82. The molecule has 7 rings (SSSR count). The van der Waals surface area contributed by atoms with Gasteiger partial charge in [-0.1, -0.05) is 12.2 Å². The molecule has 3 saturated carbocycles. The van der Waals surface area contributed by atoms with E-state index < -0.39 is 50.3 Å². The average molecular weight is 641 g/mol. The van der Waals surface area contributed by atoms with Crippen LogP contribution in [0.5, 0.6) is 11.5 Å². The molecule has 0 radical (unpaired) electrons. The number of sulfone groups is 1. The molecule has 0 spiro atoms. The maximum absolute atomic E-state index is 14.0. The molecule has 12 heteroatoms. The van der Waals surface area contributed by atoms with Gasteiger partial charge >= 0.3 is 6.09 Å². The summed E-state index contributed by atoms with van der Waals surface area (Å²) in [5.74, 6) is -1.60. The number of Topliss-reactive ketones (excluding diaryl/α,β-unsaturated/α-hetero) is 2. The molecule has 1 aromatic carbocycles. The predicted octanol–water partition coefficient (Wildman–Crippen LogP) is 3.57. The van der Waals surface area contributed by atoms with Crippen LogP contribution in [0, 0.1) is 23.2 Å². The first-order chi connectivity index (χ1) is 21.5. The molecule has 6 aliphatic rings. The van der Waals surface area contributed by atoms with Gasteiger partial charge in [0.15, 0.2) is 27.1 Å². The van der Waals surface area contributed by atoms with Crippen molar-refractivity contribution in [3.63, 3.8) is 0 Å². The van der Waals surface area contributed by atoms with Gasteiger partial charge in [0, 0.05) is 44.4 Å². The first-order valence-corrected chi connectivity index (χ1v) is 17.8. The Bertz CT molecular complexity index is 1530. The second-order valence-electron chi connectivity index (χ2n) is 13.7. The van der Waals surface area contributed by atoms with E-state index in [1.54, 1.807) is 16.8 Å². The monoisotopic (exact) mass is 640 g/mol. The summed E-state index contributed by atoms with van der Waals surface area (Å²) in [6.07, 6.45) is 7.20. The number of rotatable bonds is 5. The van der Waals surface area contributed by atoms with Gasteiger partial charge in [-0.15, -0.1) is 0 Å². The first kappa shape index (κ1) is 30.3. The molecule has 0 N–H and O–H groups in total. The van der Waals surface area contributed by atoms with Gasteiger partial charge in [-0.25, -0.2) is 13.2 Å². The van der Waals surface area contributed by atoms with Crippen molar-refractivity contribution in [2.24, 2.45) is 23.2 Å². The van der Waals surface area contributed by atoms with Gasteiger partial charge in [-0.2, -0.15) is 0 Å². The van der Waals surface area contributed by atoms with Crippen LogP contribution < -0.4 is 9.47 Å². The van der Waals surface area contributed by atoms with E-state index in [4.69, 9.17) is 14.2 Å². The maximum Gasteiger partial charge on any atom is 0.410 e. The fourth-order valence-corrected chi connectivity index (χ4v) is 9.38. The Morgan fingerprint density at radius 2 is 1.71 bits per heavy atom. The van der Waals surface area contributed by atoms with Gasteiger partial charge in [0.25, 0.3) is 0 Å². The number of benzene rings is 1. The Balaban J connectivity index is 1.07. The Hall–Kier alpha value is -3.41. The minimum atomic E-state index is -3.53. The van der Waals surface area contributed by atoms with Crippen LogP contribution >= 0.6 is 0 Å². The van der Waals surface area contributed by atoms with Crippen molar-refractivity contribution in [2.45, 2.75) is 82.2 Å². The molecular weight excluding hydrogens is 600 g/mol. The summed E-state index contributed by atoms with van der Waals surface area (Å²) < 4.78 is 42.4. The summed E-state index contributed by atoms with van der Waals surface area (Å²) in [5.41, 5.74) is 0.854. The zero-order chi connectivity index (χ0) is 31.5. The van der Waals surface area contributed by atoms with Gasteiger partial charge in [-0.3, -0.25) is 19.3 Å².